The molecule has 0 aliphatic carbocycles. The second-order valence-electron chi connectivity index (χ2n) is 3.62. The third-order valence-electron chi connectivity index (χ3n) is 2.43. The van der Waals surface area contributed by atoms with E-state index in [0.29, 0.717) is 12.3 Å². The zero-order valence-electron chi connectivity index (χ0n) is 7.99. The molecule has 1 atom stereocenters. The van der Waals surface area contributed by atoms with Gasteiger partial charge in [0.1, 0.15) is 0 Å². The third-order valence-corrected chi connectivity index (χ3v) is 2.43. The van der Waals surface area contributed by atoms with Crippen molar-refractivity contribution >= 4 is 11.6 Å². The normalized spacial score (nSPS) is 20.6. The molecule has 1 fully saturated rings. The predicted octanol–water partition coefficient (Wildman–Crippen LogP) is 1.23. The van der Waals surface area contributed by atoms with E-state index in [1.165, 1.54) is 0 Å². The maximum atomic E-state index is 10.9. The largest absolute Gasteiger partial charge is 0.385 e. The Morgan fingerprint density at radius 3 is 2.79 bits per heavy atom. The highest BCUT2D eigenvalue weighted by Gasteiger charge is 2.20. The van der Waals surface area contributed by atoms with Crippen molar-refractivity contribution in [3.8, 4) is 0 Å². The van der Waals surface area contributed by atoms with Gasteiger partial charge in [-0.1, -0.05) is 18.2 Å². The monoisotopic (exact) mass is 190 g/mol. The highest BCUT2D eigenvalue weighted by Crippen LogP contribution is 2.11. The number of hydrogen-bond donors (Lipinski definition) is 2. The van der Waals surface area contributed by atoms with Gasteiger partial charge in [0.15, 0.2) is 0 Å². The molecule has 1 aromatic rings. The van der Waals surface area contributed by atoms with Gasteiger partial charge in [-0.3, -0.25) is 4.79 Å². The van der Waals surface area contributed by atoms with E-state index in [9.17, 15) is 4.79 Å². The molecule has 0 saturated carbocycles. The number of anilines is 1. The van der Waals surface area contributed by atoms with Gasteiger partial charge in [0, 0.05) is 31.1 Å². The summed E-state index contributed by atoms with van der Waals surface area (Å²) in [6.07, 6.45) is 0.653. The molecule has 1 saturated heterocycles. The molecule has 1 aliphatic heterocycles. The van der Waals surface area contributed by atoms with Gasteiger partial charge >= 0.3 is 0 Å². The molecule has 14 heavy (non-hydrogen) atoms. The molecule has 0 unspecified atom stereocenters. The predicted molar refractivity (Wildman–Crippen MR) is 56.0 cm³/mol. The molecule has 0 bridgehead atoms. The average Bonchev–Trinajstić information content (AvgIpc) is 2.63. The summed E-state index contributed by atoms with van der Waals surface area (Å²) in [5.74, 6) is 0.604. The minimum absolute atomic E-state index is 0.171. The maximum absolute atomic E-state index is 10.9. The van der Waals surface area contributed by atoms with Crippen LogP contribution in [-0.4, -0.2) is 19.0 Å². The lowest BCUT2D eigenvalue weighted by atomic mass is 10.1. The Balaban J connectivity index is 1.80. The number of nitrogens with one attached hydrogen (secondary N) is 2. The summed E-state index contributed by atoms with van der Waals surface area (Å²) in [5.41, 5.74) is 1.12. The fraction of sp³-hybridized carbons (Fsp3) is 0.364. The fourth-order valence-electron chi connectivity index (χ4n) is 1.63. The van der Waals surface area contributed by atoms with Crippen molar-refractivity contribution in [1.29, 1.82) is 0 Å². The van der Waals surface area contributed by atoms with Crippen molar-refractivity contribution in [3.63, 3.8) is 0 Å². The minimum atomic E-state index is 0.171. The van der Waals surface area contributed by atoms with E-state index in [0.717, 1.165) is 18.8 Å². The molecular formula is C11H14N2O. The molecule has 3 heteroatoms. The number of benzene rings is 1. The Kier molecular flexibility index (Phi) is 2.68. The highest BCUT2D eigenvalue weighted by molar-refractivity contribution is 5.78. The molecule has 1 aromatic carbocycles. The molecule has 1 aliphatic rings. The van der Waals surface area contributed by atoms with Gasteiger partial charge in [-0.15, -0.1) is 0 Å². The molecule has 2 rings (SSSR count). The van der Waals surface area contributed by atoms with Crippen molar-refractivity contribution in [2.45, 2.75) is 6.42 Å². The van der Waals surface area contributed by atoms with E-state index < -0.39 is 0 Å². The number of amides is 1. The van der Waals surface area contributed by atoms with E-state index >= 15 is 0 Å². The number of rotatable bonds is 3. The van der Waals surface area contributed by atoms with Crippen LogP contribution in [0.3, 0.4) is 0 Å². The average molecular weight is 190 g/mol. The summed E-state index contributed by atoms with van der Waals surface area (Å²) < 4.78 is 0. The van der Waals surface area contributed by atoms with Crippen LogP contribution in [0, 0.1) is 5.92 Å². The first-order valence-electron chi connectivity index (χ1n) is 4.90. The summed E-state index contributed by atoms with van der Waals surface area (Å²) >= 11 is 0. The van der Waals surface area contributed by atoms with E-state index in [1.54, 1.807) is 0 Å². The second-order valence-corrected chi connectivity index (χ2v) is 3.62. The summed E-state index contributed by atoms with van der Waals surface area (Å²) in [4.78, 5) is 10.9. The molecule has 3 nitrogen and oxygen atoms in total. The van der Waals surface area contributed by atoms with Crippen LogP contribution in [0.1, 0.15) is 6.42 Å². The standard InChI is InChI=1S/C11H14N2O/c14-11-6-9(8-13-11)7-12-10-4-2-1-3-5-10/h1-5,9,12H,6-8H2,(H,13,14)/t9-/m1/s1. The summed E-state index contributed by atoms with van der Waals surface area (Å²) in [6, 6.07) is 10.1. The lowest BCUT2D eigenvalue weighted by Crippen LogP contribution is -2.17. The molecule has 1 heterocycles. The molecule has 1 amide bonds. The lowest BCUT2D eigenvalue weighted by Gasteiger charge is -2.09. The van der Waals surface area contributed by atoms with Gasteiger partial charge in [0.25, 0.3) is 0 Å². The molecule has 0 spiro atoms. The SMILES string of the molecule is O=C1C[C@H](CNc2ccccc2)CN1. The highest BCUT2D eigenvalue weighted by atomic mass is 16.1. The van der Waals surface area contributed by atoms with E-state index in [2.05, 4.69) is 10.6 Å². The minimum Gasteiger partial charge on any atom is -0.385 e. The molecule has 0 radical (unpaired) electrons. The van der Waals surface area contributed by atoms with Crippen LogP contribution in [0.5, 0.6) is 0 Å². The summed E-state index contributed by atoms with van der Waals surface area (Å²) in [5, 5.41) is 6.14. The number of carbonyl (C=O) groups excluding carboxylic acids is 1. The zero-order valence-corrected chi connectivity index (χ0v) is 7.99. The molecule has 0 aromatic heterocycles. The van der Waals surface area contributed by atoms with Gasteiger partial charge in [0.2, 0.25) is 5.91 Å². The zero-order chi connectivity index (χ0) is 9.80. The van der Waals surface area contributed by atoms with Crippen molar-refractivity contribution in [2.24, 2.45) is 5.92 Å². The van der Waals surface area contributed by atoms with Crippen LogP contribution in [0.2, 0.25) is 0 Å². The lowest BCUT2D eigenvalue weighted by molar-refractivity contribution is -0.119. The fourth-order valence-corrected chi connectivity index (χ4v) is 1.63. The first-order chi connectivity index (χ1) is 6.84. The summed E-state index contributed by atoms with van der Waals surface area (Å²) in [6.45, 7) is 1.67. The molecule has 2 N–H and O–H groups in total. The van der Waals surface area contributed by atoms with Crippen LogP contribution in [0.25, 0.3) is 0 Å². The third kappa shape index (κ3) is 2.25. The van der Waals surface area contributed by atoms with E-state index in [1.807, 2.05) is 30.3 Å². The van der Waals surface area contributed by atoms with Gasteiger partial charge in [-0.2, -0.15) is 0 Å². The Morgan fingerprint density at radius 2 is 2.14 bits per heavy atom. The topological polar surface area (TPSA) is 41.1 Å². The van der Waals surface area contributed by atoms with Crippen molar-refractivity contribution in [2.75, 3.05) is 18.4 Å². The van der Waals surface area contributed by atoms with Crippen LogP contribution >= 0.6 is 0 Å². The van der Waals surface area contributed by atoms with Crippen molar-refractivity contribution in [1.82, 2.24) is 5.32 Å². The van der Waals surface area contributed by atoms with Crippen LogP contribution in [0.15, 0.2) is 30.3 Å². The number of para-hydroxylation sites is 1. The quantitative estimate of drug-likeness (QED) is 0.752. The van der Waals surface area contributed by atoms with E-state index in [-0.39, 0.29) is 5.91 Å². The van der Waals surface area contributed by atoms with Gasteiger partial charge in [0.05, 0.1) is 0 Å². The Labute approximate surface area is 83.5 Å². The van der Waals surface area contributed by atoms with Gasteiger partial charge < -0.3 is 10.6 Å². The summed E-state index contributed by atoms with van der Waals surface area (Å²) in [7, 11) is 0. The number of carbonyl (C=O) groups is 1. The molecular weight excluding hydrogens is 176 g/mol. The Hall–Kier alpha value is -1.51. The van der Waals surface area contributed by atoms with Crippen LogP contribution < -0.4 is 10.6 Å². The first-order valence-corrected chi connectivity index (χ1v) is 4.90. The van der Waals surface area contributed by atoms with Gasteiger partial charge in [-0.05, 0) is 12.1 Å². The van der Waals surface area contributed by atoms with Crippen LogP contribution in [-0.2, 0) is 4.79 Å². The second kappa shape index (κ2) is 4.13. The van der Waals surface area contributed by atoms with Crippen LogP contribution in [0.4, 0.5) is 5.69 Å². The van der Waals surface area contributed by atoms with Crippen molar-refractivity contribution in [3.05, 3.63) is 30.3 Å². The van der Waals surface area contributed by atoms with E-state index in [4.69, 9.17) is 0 Å². The van der Waals surface area contributed by atoms with Crippen molar-refractivity contribution < 1.29 is 4.79 Å². The Morgan fingerprint density at radius 1 is 1.36 bits per heavy atom. The smallest absolute Gasteiger partial charge is 0.220 e. The number of hydrogen-bond acceptors (Lipinski definition) is 2. The molecule has 74 valence electrons. The maximum Gasteiger partial charge on any atom is 0.220 e. The first kappa shape index (κ1) is 9.06. The Bertz CT molecular complexity index is 310. The van der Waals surface area contributed by atoms with Gasteiger partial charge in [-0.25, -0.2) is 0 Å².